The Hall–Kier alpha value is -2.83. The summed E-state index contributed by atoms with van der Waals surface area (Å²) in [5, 5.41) is 6.31. The smallest absolute Gasteiger partial charge is 0.270 e. The first-order valence-electron chi connectivity index (χ1n) is 9.59. The Morgan fingerprint density at radius 2 is 1.64 bits per heavy atom. The van der Waals surface area contributed by atoms with Gasteiger partial charge in [0.2, 0.25) is 0 Å². The summed E-state index contributed by atoms with van der Waals surface area (Å²) in [5.74, 6) is -0.947. The second-order valence-corrected chi connectivity index (χ2v) is 8.03. The van der Waals surface area contributed by atoms with E-state index in [-0.39, 0.29) is 28.6 Å². The first-order chi connectivity index (χ1) is 13.4. The third-order valence-electron chi connectivity index (χ3n) is 5.91. The minimum Gasteiger partial charge on any atom is -0.345 e. The molecule has 146 valence electrons. The number of rotatable bonds is 4. The maximum absolute atomic E-state index is 13.1. The molecule has 0 aromatic carbocycles. The fraction of sp³-hybridized carbons (Fsp3) is 0.429. The Morgan fingerprint density at radius 1 is 0.964 bits per heavy atom. The predicted octanol–water partition coefficient (Wildman–Crippen LogP) is 2.93. The molecule has 4 rings (SSSR count). The third-order valence-corrected chi connectivity index (χ3v) is 5.91. The molecule has 2 N–H and O–H groups in total. The normalized spacial score (nSPS) is 25.9. The van der Waals surface area contributed by atoms with Crippen molar-refractivity contribution in [3.8, 4) is 0 Å². The SMILES string of the molecule is Cc1cccc(C(=O)NC23CCCC(NC(=O)c4ccc(F)cn4)(CC2)C3)n1. The molecule has 2 bridgehead atoms. The second kappa shape index (κ2) is 6.96. The summed E-state index contributed by atoms with van der Waals surface area (Å²) in [6, 6.07) is 8.01. The molecule has 6 nitrogen and oxygen atoms in total. The summed E-state index contributed by atoms with van der Waals surface area (Å²) in [7, 11) is 0. The number of carbonyl (C=O) groups is 2. The van der Waals surface area contributed by atoms with Crippen LogP contribution in [0, 0.1) is 12.7 Å². The van der Waals surface area contributed by atoms with Crippen molar-refractivity contribution in [3.05, 3.63) is 59.4 Å². The zero-order chi connectivity index (χ0) is 19.8. The summed E-state index contributed by atoms with van der Waals surface area (Å²) in [6.07, 6.45) is 5.99. The topological polar surface area (TPSA) is 84.0 Å². The Morgan fingerprint density at radius 3 is 2.25 bits per heavy atom. The molecule has 0 radical (unpaired) electrons. The van der Waals surface area contributed by atoms with Crippen LogP contribution in [-0.4, -0.2) is 32.9 Å². The van der Waals surface area contributed by atoms with Gasteiger partial charge in [-0.2, -0.15) is 0 Å². The van der Waals surface area contributed by atoms with Crippen LogP contribution in [0.25, 0.3) is 0 Å². The van der Waals surface area contributed by atoms with Crippen molar-refractivity contribution in [1.82, 2.24) is 20.6 Å². The number of nitrogens with zero attached hydrogens (tertiary/aromatic N) is 2. The zero-order valence-electron chi connectivity index (χ0n) is 15.8. The molecule has 2 heterocycles. The Bertz CT molecular complexity index is 917. The molecule has 7 heteroatoms. The van der Waals surface area contributed by atoms with E-state index in [1.165, 1.54) is 12.1 Å². The van der Waals surface area contributed by atoms with Gasteiger partial charge in [-0.3, -0.25) is 9.59 Å². The molecule has 0 aliphatic heterocycles. The summed E-state index contributed by atoms with van der Waals surface area (Å²) < 4.78 is 13.1. The predicted molar refractivity (Wildman–Crippen MR) is 101 cm³/mol. The van der Waals surface area contributed by atoms with Gasteiger partial charge in [0.15, 0.2) is 0 Å². The van der Waals surface area contributed by atoms with Gasteiger partial charge in [-0.1, -0.05) is 6.07 Å². The molecule has 0 spiro atoms. The summed E-state index contributed by atoms with van der Waals surface area (Å²) >= 11 is 0. The minimum absolute atomic E-state index is 0.173. The maximum atomic E-state index is 13.1. The van der Waals surface area contributed by atoms with Gasteiger partial charge in [-0.15, -0.1) is 0 Å². The number of fused-ring (bicyclic) bond motifs is 2. The average Bonchev–Trinajstić information content (AvgIpc) is 2.92. The number of amides is 2. The van der Waals surface area contributed by atoms with Gasteiger partial charge in [-0.05, 0) is 69.7 Å². The molecule has 2 aromatic heterocycles. The standard InChI is InChI=1S/C21H23FN4O2/c1-14-4-2-5-17(24-14)19(28)26-21-9-3-8-20(13-21,10-11-21)25-18(27)16-7-6-15(22)12-23-16/h2,4-7,12H,3,8-11,13H2,1H3,(H,25,27)(H,26,28). The van der Waals surface area contributed by atoms with Crippen molar-refractivity contribution in [1.29, 1.82) is 0 Å². The van der Waals surface area contributed by atoms with Crippen LogP contribution in [0.5, 0.6) is 0 Å². The van der Waals surface area contributed by atoms with Gasteiger partial charge in [0.25, 0.3) is 11.8 Å². The highest BCUT2D eigenvalue weighted by Gasteiger charge is 2.52. The first kappa shape index (κ1) is 18.5. The Kier molecular flexibility index (Phi) is 4.61. The lowest BCUT2D eigenvalue weighted by atomic mass is 9.78. The third kappa shape index (κ3) is 3.61. The van der Waals surface area contributed by atoms with Crippen LogP contribution in [0.15, 0.2) is 36.5 Å². The number of aryl methyl sites for hydroxylation is 1. The molecule has 2 aliphatic rings. The van der Waals surface area contributed by atoms with Crippen LogP contribution in [0.4, 0.5) is 4.39 Å². The lowest BCUT2D eigenvalue weighted by molar-refractivity contribution is 0.0827. The Labute approximate surface area is 163 Å². The van der Waals surface area contributed by atoms with E-state index < -0.39 is 5.82 Å². The van der Waals surface area contributed by atoms with Crippen LogP contribution in [0.2, 0.25) is 0 Å². The molecule has 2 amide bonds. The van der Waals surface area contributed by atoms with E-state index in [0.717, 1.165) is 44.0 Å². The largest absolute Gasteiger partial charge is 0.345 e. The van der Waals surface area contributed by atoms with E-state index in [1.54, 1.807) is 6.07 Å². The number of pyridine rings is 2. The highest BCUT2D eigenvalue weighted by atomic mass is 19.1. The van der Waals surface area contributed by atoms with Crippen molar-refractivity contribution in [2.45, 2.75) is 56.5 Å². The van der Waals surface area contributed by atoms with Crippen molar-refractivity contribution in [2.24, 2.45) is 0 Å². The van der Waals surface area contributed by atoms with E-state index >= 15 is 0 Å². The monoisotopic (exact) mass is 382 g/mol. The summed E-state index contributed by atoms with van der Waals surface area (Å²) in [4.78, 5) is 33.5. The van der Waals surface area contributed by atoms with Gasteiger partial charge in [0.05, 0.1) is 6.20 Å². The van der Waals surface area contributed by atoms with Crippen LogP contribution in [0.3, 0.4) is 0 Å². The summed E-state index contributed by atoms with van der Waals surface area (Å²) in [6.45, 7) is 1.86. The maximum Gasteiger partial charge on any atom is 0.270 e. The van der Waals surface area contributed by atoms with Crippen LogP contribution in [0.1, 0.15) is 65.2 Å². The van der Waals surface area contributed by atoms with Crippen molar-refractivity contribution >= 4 is 11.8 Å². The molecule has 2 aliphatic carbocycles. The quantitative estimate of drug-likeness (QED) is 0.852. The average molecular weight is 382 g/mol. The van der Waals surface area contributed by atoms with Gasteiger partial charge >= 0.3 is 0 Å². The van der Waals surface area contributed by atoms with Gasteiger partial charge in [-0.25, -0.2) is 14.4 Å². The first-order valence-corrected chi connectivity index (χ1v) is 9.59. The lowest BCUT2D eigenvalue weighted by Gasteiger charge is -2.40. The summed E-state index contributed by atoms with van der Waals surface area (Å²) in [5.41, 5.74) is 0.723. The Balaban J connectivity index is 1.47. The highest BCUT2D eigenvalue weighted by molar-refractivity contribution is 5.93. The van der Waals surface area contributed by atoms with Crippen molar-refractivity contribution in [2.75, 3.05) is 0 Å². The molecule has 2 saturated carbocycles. The minimum atomic E-state index is -0.472. The molecule has 0 saturated heterocycles. The molecular formula is C21H23FN4O2. The molecular weight excluding hydrogens is 359 g/mol. The number of hydrogen-bond acceptors (Lipinski definition) is 4. The molecule has 28 heavy (non-hydrogen) atoms. The molecule has 2 fully saturated rings. The van der Waals surface area contributed by atoms with E-state index in [4.69, 9.17) is 0 Å². The van der Waals surface area contributed by atoms with E-state index in [1.807, 2.05) is 19.1 Å². The zero-order valence-corrected chi connectivity index (χ0v) is 15.8. The van der Waals surface area contributed by atoms with Gasteiger partial charge < -0.3 is 10.6 Å². The highest BCUT2D eigenvalue weighted by Crippen LogP contribution is 2.48. The van der Waals surface area contributed by atoms with Crippen molar-refractivity contribution in [3.63, 3.8) is 0 Å². The molecule has 2 atom stereocenters. The molecule has 2 unspecified atom stereocenters. The number of halogens is 1. The fourth-order valence-electron chi connectivity index (χ4n) is 4.62. The van der Waals surface area contributed by atoms with Crippen LogP contribution >= 0.6 is 0 Å². The van der Waals surface area contributed by atoms with Gasteiger partial charge in [0.1, 0.15) is 17.2 Å². The molecule has 2 aromatic rings. The number of aromatic nitrogens is 2. The number of carbonyl (C=O) groups excluding carboxylic acids is 2. The number of nitrogens with one attached hydrogen (secondary N) is 2. The number of hydrogen-bond donors (Lipinski definition) is 2. The fourth-order valence-corrected chi connectivity index (χ4v) is 4.62. The second-order valence-electron chi connectivity index (χ2n) is 8.03. The van der Waals surface area contributed by atoms with Gasteiger partial charge in [0, 0.05) is 16.8 Å². The van der Waals surface area contributed by atoms with E-state index in [0.29, 0.717) is 12.1 Å². The van der Waals surface area contributed by atoms with E-state index in [2.05, 4.69) is 20.6 Å². The van der Waals surface area contributed by atoms with E-state index in [9.17, 15) is 14.0 Å². The lowest BCUT2D eigenvalue weighted by Crippen LogP contribution is -2.55. The van der Waals surface area contributed by atoms with Crippen molar-refractivity contribution < 1.29 is 14.0 Å². The van der Waals surface area contributed by atoms with Crippen LogP contribution < -0.4 is 10.6 Å². The van der Waals surface area contributed by atoms with Crippen LogP contribution in [-0.2, 0) is 0 Å².